The number of ether oxygens (including phenoxy) is 10. The van der Waals surface area contributed by atoms with Crippen molar-refractivity contribution in [3.63, 3.8) is 0 Å². The Kier molecular flexibility index (Phi) is 34.0. The highest BCUT2D eigenvalue weighted by Gasteiger charge is 2.32. The topological polar surface area (TPSA) is 462 Å². The van der Waals surface area contributed by atoms with Crippen LogP contribution in [-0.4, -0.2) is 202 Å². The normalized spacial score (nSPS) is 12.7. The molecule has 0 spiro atoms. The van der Waals surface area contributed by atoms with Gasteiger partial charge >= 0.3 is 12.2 Å². The monoisotopic (exact) mass is 1840 g/mol. The van der Waals surface area contributed by atoms with E-state index in [1.807, 2.05) is 157 Å². The first-order chi connectivity index (χ1) is 63.7. The number of nitrogens with zero attached hydrogens (tertiary/aromatic N) is 18. The summed E-state index contributed by atoms with van der Waals surface area (Å²) < 4.78 is 60.4. The van der Waals surface area contributed by atoms with Crippen LogP contribution in [0.15, 0.2) is 172 Å². The van der Waals surface area contributed by atoms with Crippen molar-refractivity contribution < 1.29 is 71.7 Å². The Morgan fingerprint density at radius 1 is 0.418 bits per heavy atom. The number of nitrogens with two attached hydrogens (primary N) is 2. The van der Waals surface area contributed by atoms with E-state index in [1.54, 1.807) is 118 Å². The Morgan fingerprint density at radius 3 is 1.04 bits per heavy atom. The number of carbonyl (C=O) groups is 4. The molecule has 3 amide bonds. The quantitative estimate of drug-likeness (QED) is 0.0169. The Balaban J connectivity index is 0.000000157. The predicted octanol–water partition coefficient (Wildman–Crippen LogP) is 11.0. The highest BCUT2D eigenvalue weighted by atomic mass is 16.7. The molecule has 39 nitrogen and oxygen atoms in total. The molecular weight excluding hydrogens is 1720 g/mol. The minimum atomic E-state index is -0.830. The third-order valence-corrected chi connectivity index (χ3v) is 20.4. The van der Waals surface area contributed by atoms with Crippen molar-refractivity contribution in [2.24, 2.45) is 11.5 Å². The molecule has 0 bridgehead atoms. The van der Waals surface area contributed by atoms with Crippen LogP contribution in [0.1, 0.15) is 165 Å². The van der Waals surface area contributed by atoms with Gasteiger partial charge in [-0.2, -0.15) is 0 Å². The van der Waals surface area contributed by atoms with Gasteiger partial charge < -0.3 is 94.9 Å². The van der Waals surface area contributed by atoms with Crippen molar-refractivity contribution in [1.29, 1.82) is 0 Å². The van der Waals surface area contributed by atoms with Crippen molar-refractivity contribution in [3.05, 3.63) is 240 Å². The summed E-state index contributed by atoms with van der Waals surface area (Å²) in [5.41, 5.74) is 19.3. The van der Waals surface area contributed by atoms with Crippen molar-refractivity contribution in [3.8, 4) is 69.8 Å². The number of hydrogen-bond donors (Lipinski definition) is 7. The van der Waals surface area contributed by atoms with Gasteiger partial charge in [-0.25, -0.2) is 69.4 Å². The van der Waals surface area contributed by atoms with E-state index < -0.39 is 40.2 Å². The second kappa shape index (κ2) is 45.3. The molecule has 39 heteroatoms. The van der Waals surface area contributed by atoms with Crippen molar-refractivity contribution in [2.45, 2.75) is 184 Å². The molecule has 0 unspecified atom stereocenters. The summed E-state index contributed by atoms with van der Waals surface area (Å²) >= 11 is 0. The number of aryl methyl sites for hydroxylation is 4. The van der Waals surface area contributed by atoms with Crippen LogP contribution in [0.4, 0.5) is 9.59 Å². The Bertz CT molecular complexity index is 5700. The summed E-state index contributed by atoms with van der Waals surface area (Å²) in [4.78, 5) is 101. The maximum Gasteiger partial charge on any atom is 0.410 e. The second-order valence-corrected chi connectivity index (χ2v) is 35.7. The zero-order chi connectivity index (χ0) is 96.6. The summed E-state index contributed by atoms with van der Waals surface area (Å²) in [5, 5.41) is 23.2. The molecule has 8 aromatic heterocycles. The smallest absolute Gasteiger partial charge is 0.410 e. The zero-order valence-corrected chi connectivity index (χ0v) is 79.2. The minimum Gasteiger partial charge on any atom is -0.454 e. The lowest BCUT2D eigenvalue weighted by atomic mass is 9.88. The van der Waals surface area contributed by atoms with Gasteiger partial charge in [-0.05, 0) is 220 Å². The fourth-order valence-electron chi connectivity index (χ4n) is 13.1. The van der Waals surface area contributed by atoms with Gasteiger partial charge in [0.15, 0.2) is 46.0 Å². The Labute approximate surface area is 779 Å². The molecule has 4 aliphatic heterocycles. The van der Waals surface area contributed by atoms with E-state index in [9.17, 15) is 19.2 Å². The van der Waals surface area contributed by atoms with Crippen LogP contribution >= 0.6 is 0 Å². The van der Waals surface area contributed by atoms with Crippen molar-refractivity contribution in [2.75, 3.05) is 73.0 Å². The Hall–Kier alpha value is -14.1. The average molecular weight is 1840 g/mol. The van der Waals surface area contributed by atoms with E-state index in [4.69, 9.17) is 73.9 Å². The maximum absolute atomic E-state index is 12.1. The Morgan fingerprint density at radius 2 is 0.724 bits per heavy atom. The highest BCUT2D eigenvalue weighted by molar-refractivity contribution is 5.85. The number of aliphatic hydroxyl groups is 1. The summed E-state index contributed by atoms with van der Waals surface area (Å²) in [7, 11) is 0. The van der Waals surface area contributed by atoms with Crippen molar-refractivity contribution >= 4 is 24.4 Å². The van der Waals surface area contributed by atoms with E-state index in [0.29, 0.717) is 78.9 Å². The van der Waals surface area contributed by atoms with Gasteiger partial charge in [-0.1, -0.05) is 24.3 Å². The van der Waals surface area contributed by atoms with E-state index in [1.165, 1.54) is 20.9 Å². The maximum atomic E-state index is 12.1. The molecule has 0 radical (unpaired) electrons. The third kappa shape index (κ3) is 29.4. The molecule has 712 valence electrons. The number of rotatable bonds is 29. The van der Waals surface area contributed by atoms with Crippen LogP contribution in [-0.2, 0) is 67.3 Å². The van der Waals surface area contributed by atoms with E-state index in [-0.39, 0.29) is 50.9 Å². The first-order valence-electron chi connectivity index (χ1n) is 43.6. The fraction of sp³-hybridized carbons (Fsp3) is 0.411. The first kappa shape index (κ1) is 100. The summed E-state index contributed by atoms with van der Waals surface area (Å²) in [6.07, 6.45) is 20.4. The number of amides is 3. The number of fused-ring (bicyclic) bond motifs is 4. The fourth-order valence-corrected chi connectivity index (χ4v) is 13.1. The molecule has 0 fully saturated rings. The minimum absolute atomic E-state index is 0.0244. The number of aliphatic hydroxyl groups excluding tert-OH is 1. The van der Waals surface area contributed by atoms with Crippen LogP contribution in [0.2, 0.25) is 0 Å². The number of hydrogen-bond acceptors (Lipinski definition) is 32. The first-order valence-corrected chi connectivity index (χ1v) is 43.6. The van der Waals surface area contributed by atoms with Gasteiger partial charge in [0.1, 0.15) is 42.8 Å². The average Bonchev–Trinajstić information content (AvgIpc) is 1.19. The molecule has 16 rings (SSSR count). The largest absolute Gasteiger partial charge is 0.454 e. The molecule has 0 saturated heterocycles. The van der Waals surface area contributed by atoms with Crippen LogP contribution in [0.3, 0.4) is 0 Å². The number of imidazole rings is 4. The number of benzene rings is 4. The number of carbonyl (C=O) groups excluding carboxylic acids is 4. The van der Waals surface area contributed by atoms with Crippen LogP contribution in [0.25, 0.3) is 23.8 Å². The van der Waals surface area contributed by atoms with Gasteiger partial charge in [-0.15, -0.1) is 0 Å². The third-order valence-electron chi connectivity index (χ3n) is 20.4. The molecule has 12 heterocycles. The van der Waals surface area contributed by atoms with E-state index in [2.05, 4.69) is 111 Å². The molecule has 12 aromatic rings. The zero-order valence-electron chi connectivity index (χ0n) is 79.2. The molecule has 0 saturated carbocycles. The van der Waals surface area contributed by atoms with Gasteiger partial charge in [0.2, 0.25) is 56.9 Å². The predicted molar refractivity (Wildman–Crippen MR) is 497 cm³/mol. The van der Waals surface area contributed by atoms with Gasteiger partial charge in [0, 0.05) is 131 Å². The number of aromatic nitrogens is 16. The van der Waals surface area contributed by atoms with E-state index >= 15 is 0 Å². The number of nitrogens with one attached hydrogen (secondary N) is 4. The van der Waals surface area contributed by atoms with Gasteiger partial charge in [-0.3, -0.25) is 28.0 Å². The second-order valence-electron chi connectivity index (χ2n) is 35.7. The summed E-state index contributed by atoms with van der Waals surface area (Å²) in [5.74, 6) is 7.88. The standard InChI is InChI=1S/2C21H26N6O2.C15H21NO5.C15H19NO5.C12H15N5O.C11H15N5/c2*1-15-10-19(26-20(25-15)27-9-8-23-13-27)21(2,3)24-7-6-22-12-16-4-5-17-18(11-16)29-14-28-17;2*1-15(2,3)21-14(18)16(6-7-17)9-11-4-5-12-13(8-11)20-10-19-12;1-8-6-9(12(2,3)10(13)18)16-11(15-8)17-5-4-14-7-17;1-8-6-9(11(2,3)12)15-10(14-8)16-5-4-13-7-16/h2*4-5,8-11,13,22,24H,6-7,12,14H2,1-3H3;4-5,8,17H,6-7,9-10H2,1-3H3;4-5,7-8H,6,9-10H2,1-3H3;4-7H,1-3H3,(H2,13,18);4-7H,12H2,1-3H3. The molecule has 9 N–H and O–H groups in total. The molecule has 134 heavy (non-hydrogen) atoms. The molecule has 4 aromatic carbocycles. The van der Waals surface area contributed by atoms with Gasteiger partial charge in [0.05, 0.1) is 58.0 Å². The lowest BCUT2D eigenvalue weighted by molar-refractivity contribution is -0.122. The molecular formula is C95H122N24O15. The lowest BCUT2D eigenvalue weighted by Gasteiger charge is -2.27. The number of primary amides is 1. The van der Waals surface area contributed by atoms with Crippen molar-refractivity contribution in [1.82, 2.24) is 109 Å². The SMILES string of the molecule is CC(C)(C)OC(=O)N(CC=O)Cc1ccc2c(c1)OCO2.CC(C)(C)OC(=O)N(CCO)Cc1ccc2c(c1)OCO2.Cc1cc(C(C)(C)C(N)=O)nc(-n2ccnc2)n1.Cc1cc(C(C)(C)N)nc(-n2ccnc2)n1.Cc1cc(C(C)(C)NCCNCc2ccc3c(c2)OCO3)nc(-n2ccnc2)n1.Cc1cc(C(C)(C)NCCNCc2ccc3c(c2)OCO3)nc(-n2ccnc2)n1. The summed E-state index contributed by atoms with van der Waals surface area (Å²) in [6, 6.07) is 30.7. The molecule has 4 aliphatic rings. The van der Waals surface area contributed by atoms with Gasteiger partial charge in [0.25, 0.3) is 0 Å². The van der Waals surface area contributed by atoms with Crippen LogP contribution in [0.5, 0.6) is 46.0 Å². The molecule has 0 aliphatic carbocycles. The summed E-state index contributed by atoms with van der Waals surface area (Å²) in [6.45, 7) is 40.9. The molecule has 0 atom stereocenters. The van der Waals surface area contributed by atoms with Crippen LogP contribution < -0.4 is 70.6 Å². The lowest BCUT2D eigenvalue weighted by Crippen LogP contribution is -2.41. The number of aldehydes is 1. The van der Waals surface area contributed by atoms with E-state index in [0.717, 1.165) is 113 Å². The highest BCUT2D eigenvalue weighted by Crippen LogP contribution is 2.37. The van der Waals surface area contributed by atoms with Crippen LogP contribution in [0, 0.1) is 27.7 Å².